The molecule has 0 aliphatic carbocycles. The summed E-state index contributed by atoms with van der Waals surface area (Å²) in [7, 11) is 0. The molecule has 0 saturated carbocycles. The van der Waals surface area contributed by atoms with Crippen molar-refractivity contribution in [1.82, 2.24) is 10.6 Å². The summed E-state index contributed by atoms with van der Waals surface area (Å²) in [4.78, 5) is 25.4. The highest BCUT2D eigenvalue weighted by Gasteiger charge is 2.16. The maximum absolute atomic E-state index is 13.8. The Labute approximate surface area is 195 Å². The first-order chi connectivity index (χ1) is 15.5. The van der Waals surface area contributed by atoms with Crippen molar-refractivity contribution in [1.29, 1.82) is 0 Å². The Hall–Kier alpha value is -3.03. The first-order valence-corrected chi connectivity index (χ1v) is 11.4. The van der Waals surface area contributed by atoms with Crippen LogP contribution in [0, 0.1) is 12.7 Å². The molecule has 5 nitrogen and oxygen atoms in total. The van der Waals surface area contributed by atoms with Crippen molar-refractivity contribution < 1.29 is 18.4 Å². The Bertz CT molecular complexity index is 1100. The van der Waals surface area contributed by atoms with E-state index >= 15 is 0 Å². The molecule has 32 heavy (non-hydrogen) atoms. The van der Waals surface area contributed by atoms with Gasteiger partial charge in [0.1, 0.15) is 17.3 Å². The summed E-state index contributed by atoms with van der Waals surface area (Å²) in [5.74, 6) is 0.171. The lowest BCUT2D eigenvalue weighted by Gasteiger charge is -2.12. The average Bonchev–Trinajstić information content (AvgIpc) is 3.28. The second-order valence-corrected chi connectivity index (χ2v) is 8.36. The van der Waals surface area contributed by atoms with Gasteiger partial charge in [-0.25, -0.2) is 4.39 Å². The van der Waals surface area contributed by atoms with Gasteiger partial charge in [0.25, 0.3) is 11.8 Å². The molecule has 0 spiro atoms. The second kappa shape index (κ2) is 11.5. The predicted octanol–water partition coefficient (Wildman–Crippen LogP) is 5.20. The summed E-state index contributed by atoms with van der Waals surface area (Å²) < 4.78 is 19.1. The number of benzene rings is 2. The van der Waals surface area contributed by atoms with Crippen molar-refractivity contribution in [2.75, 3.05) is 12.3 Å². The van der Waals surface area contributed by atoms with Gasteiger partial charge in [-0.1, -0.05) is 35.9 Å². The van der Waals surface area contributed by atoms with E-state index in [4.69, 9.17) is 16.0 Å². The number of carbonyl (C=O) groups is 2. The van der Waals surface area contributed by atoms with Crippen molar-refractivity contribution in [3.8, 4) is 0 Å². The summed E-state index contributed by atoms with van der Waals surface area (Å²) in [5.41, 5.74) is 1.78. The van der Waals surface area contributed by atoms with E-state index in [2.05, 4.69) is 10.6 Å². The van der Waals surface area contributed by atoms with Crippen LogP contribution in [-0.2, 0) is 10.5 Å². The zero-order chi connectivity index (χ0) is 22.9. The standard InChI is InChI=1S/C24H22ClFN2O3S/c1-16-6-2-3-8-18(16)23(29)28-22(14-17-7-5-12-31-17)24(30)27-11-13-32-15-19-20(25)9-4-10-21(19)26/h2-10,12,14H,11,13,15H2,1H3,(H,27,30)(H,28,29)/b22-14-. The number of hydrogen-bond donors (Lipinski definition) is 2. The highest BCUT2D eigenvalue weighted by molar-refractivity contribution is 7.98. The molecule has 1 aromatic heterocycles. The van der Waals surface area contributed by atoms with Crippen LogP contribution >= 0.6 is 23.4 Å². The van der Waals surface area contributed by atoms with Crippen LogP contribution in [0.5, 0.6) is 0 Å². The molecule has 0 unspecified atom stereocenters. The summed E-state index contributed by atoms with van der Waals surface area (Å²) in [6.45, 7) is 2.15. The lowest BCUT2D eigenvalue weighted by Crippen LogP contribution is -2.36. The number of aryl methyl sites for hydroxylation is 1. The minimum Gasteiger partial charge on any atom is -0.465 e. The molecular weight excluding hydrogens is 451 g/mol. The third-order valence-corrected chi connectivity index (χ3v) is 5.89. The molecule has 0 aliphatic heterocycles. The lowest BCUT2D eigenvalue weighted by atomic mass is 10.1. The van der Waals surface area contributed by atoms with Crippen LogP contribution in [0.3, 0.4) is 0 Å². The minimum absolute atomic E-state index is 0.0651. The van der Waals surface area contributed by atoms with E-state index in [9.17, 15) is 14.0 Å². The first-order valence-electron chi connectivity index (χ1n) is 9.86. The Balaban J connectivity index is 1.59. The maximum atomic E-state index is 13.8. The molecule has 3 aromatic rings. The number of nitrogens with one attached hydrogen (secondary N) is 2. The van der Waals surface area contributed by atoms with Gasteiger partial charge in [-0.15, -0.1) is 0 Å². The molecule has 0 bridgehead atoms. The quantitative estimate of drug-likeness (QED) is 0.331. The van der Waals surface area contributed by atoms with E-state index in [1.807, 2.05) is 19.1 Å². The number of halogens is 2. The van der Waals surface area contributed by atoms with E-state index in [0.717, 1.165) is 5.56 Å². The summed E-state index contributed by atoms with van der Waals surface area (Å²) in [6.07, 6.45) is 2.95. The zero-order valence-electron chi connectivity index (χ0n) is 17.4. The molecule has 0 saturated heterocycles. The van der Waals surface area contributed by atoms with Crippen LogP contribution in [0.25, 0.3) is 6.08 Å². The third kappa shape index (κ3) is 6.48. The van der Waals surface area contributed by atoms with Crippen molar-refractivity contribution in [3.63, 3.8) is 0 Å². The van der Waals surface area contributed by atoms with E-state index in [0.29, 0.717) is 40.0 Å². The fraction of sp³-hybridized carbons (Fsp3) is 0.167. The lowest BCUT2D eigenvalue weighted by molar-refractivity contribution is -0.117. The summed E-state index contributed by atoms with van der Waals surface area (Å²) >= 11 is 7.47. The van der Waals surface area contributed by atoms with Gasteiger partial charge in [0.15, 0.2) is 0 Å². The van der Waals surface area contributed by atoms with Crippen LogP contribution < -0.4 is 10.6 Å². The molecule has 2 aromatic carbocycles. The Morgan fingerprint density at radius 2 is 1.94 bits per heavy atom. The van der Waals surface area contributed by atoms with E-state index in [1.54, 1.807) is 36.4 Å². The predicted molar refractivity (Wildman–Crippen MR) is 126 cm³/mol. The second-order valence-electron chi connectivity index (χ2n) is 6.85. The van der Waals surface area contributed by atoms with Gasteiger partial charge in [0.05, 0.1) is 6.26 Å². The molecule has 166 valence electrons. The van der Waals surface area contributed by atoms with Gasteiger partial charge in [0.2, 0.25) is 0 Å². The monoisotopic (exact) mass is 472 g/mol. The summed E-state index contributed by atoms with van der Waals surface area (Å²) in [5, 5.41) is 5.82. The van der Waals surface area contributed by atoms with Crippen molar-refractivity contribution in [3.05, 3.63) is 99.8 Å². The van der Waals surface area contributed by atoms with Crippen LogP contribution in [0.4, 0.5) is 4.39 Å². The highest BCUT2D eigenvalue weighted by atomic mass is 35.5. The highest BCUT2D eigenvalue weighted by Crippen LogP contribution is 2.23. The average molecular weight is 473 g/mol. The topological polar surface area (TPSA) is 71.3 Å². The molecule has 0 aliphatic rings. The van der Waals surface area contributed by atoms with Gasteiger partial charge in [0, 0.05) is 40.3 Å². The normalized spacial score (nSPS) is 11.3. The van der Waals surface area contributed by atoms with Crippen LogP contribution in [0.1, 0.15) is 27.2 Å². The largest absolute Gasteiger partial charge is 0.465 e. The molecule has 8 heteroatoms. The summed E-state index contributed by atoms with van der Waals surface area (Å²) in [6, 6.07) is 15.1. The molecular formula is C24H22ClFN2O3S. The van der Waals surface area contributed by atoms with Crippen LogP contribution in [-0.4, -0.2) is 24.1 Å². The molecule has 2 N–H and O–H groups in total. The van der Waals surface area contributed by atoms with Crippen LogP contribution in [0.15, 0.2) is 71.0 Å². The number of thioether (sulfide) groups is 1. The van der Waals surface area contributed by atoms with E-state index < -0.39 is 5.91 Å². The van der Waals surface area contributed by atoms with Gasteiger partial charge < -0.3 is 15.1 Å². The molecule has 1 heterocycles. The van der Waals surface area contributed by atoms with Crippen molar-refractivity contribution >= 4 is 41.3 Å². The number of carbonyl (C=O) groups excluding carboxylic acids is 2. The first kappa shape index (κ1) is 23.6. The molecule has 0 atom stereocenters. The Morgan fingerprint density at radius 3 is 2.66 bits per heavy atom. The van der Waals surface area contributed by atoms with Gasteiger partial charge in [-0.05, 0) is 42.8 Å². The number of hydrogen-bond acceptors (Lipinski definition) is 4. The number of rotatable bonds is 9. The fourth-order valence-electron chi connectivity index (χ4n) is 2.87. The minimum atomic E-state index is -0.451. The van der Waals surface area contributed by atoms with Gasteiger partial charge >= 0.3 is 0 Å². The molecule has 3 rings (SSSR count). The SMILES string of the molecule is Cc1ccccc1C(=O)N/C(=C\c1ccco1)C(=O)NCCSCc1c(F)cccc1Cl. The van der Waals surface area contributed by atoms with Crippen molar-refractivity contribution in [2.24, 2.45) is 0 Å². The third-order valence-electron chi connectivity index (χ3n) is 4.55. The smallest absolute Gasteiger partial charge is 0.267 e. The van der Waals surface area contributed by atoms with Crippen LogP contribution in [0.2, 0.25) is 5.02 Å². The maximum Gasteiger partial charge on any atom is 0.267 e. The number of furan rings is 1. The molecule has 0 fully saturated rings. The fourth-order valence-corrected chi connectivity index (χ4v) is 4.07. The molecule has 0 radical (unpaired) electrons. The van der Waals surface area contributed by atoms with E-state index in [1.165, 1.54) is 30.2 Å². The van der Waals surface area contributed by atoms with Gasteiger partial charge in [-0.2, -0.15) is 11.8 Å². The Morgan fingerprint density at radius 1 is 1.12 bits per heavy atom. The van der Waals surface area contributed by atoms with Gasteiger partial charge in [-0.3, -0.25) is 9.59 Å². The number of amides is 2. The van der Waals surface area contributed by atoms with E-state index in [-0.39, 0.29) is 17.4 Å². The van der Waals surface area contributed by atoms with Crippen molar-refractivity contribution in [2.45, 2.75) is 12.7 Å². The Kier molecular flexibility index (Phi) is 8.53. The zero-order valence-corrected chi connectivity index (χ0v) is 18.9. The molecule has 2 amide bonds.